The van der Waals surface area contributed by atoms with Gasteiger partial charge in [-0.1, -0.05) is 18.2 Å². The van der Waals surface area contributed by atoms with E-state index in [4.69, 9.17) is 0 Å². The summed E-state index contributed by atoms with van der Waals surface area (Å²) in [5.41, 5.74) is 4.52. The van der Waals surface area contributed by atoms with Gasteiger partial charge in [-0.25, -0.2) is 4.98 Å². The second-order valence-electron chi connectivity index (χ2n) is 7.97. The zero-order valence-corrected chi connectivity index (χ0v) is 18.4. The van der Waals surface area contributed by atoms with Crippen LogP contribution in [0.15, 0.2) is 23.6 Å². The normalized spacial score (nSPS) is 16.4. The van der Waals surface area contributed by atoms with Gasteiger partial charge in [-0.15, -0.1) is 11.3 Å². The molecule has 0 bridgehead atoms. The number of rotatable bonds is 6. The molecule has 1 aromatic heterocycles. The minimum absolute atomic E-state index is 0.0204. The van der Waals surface area contributed by atoms with Crippen molar-refractivity contribution in [2.45, 2.75) is 46.6 Å². The summed E-state index contributed by atoms with van der Waals surface area (Å²) in [5, 5.41) is 8.59. The average molecular weight is 415 g/mol. The summed E-state index contributed by atoms with van der Waals surface area (Å²) < 4.78 is 0. The van der Waals surface area contributed by atoms with Gasteiger partial charge in [0.25, 0.3) is 0 Å². The lowest BCUT2D eigenvalue weighted by Crippen LogP contribution is -2.43. The number of aromatic nitrogens is 1. The van der Waals surface area contributed by atoms with E-state index in [9.17, 15) is 9.59 Å². The average Bonchev–Trinajstić information content (AvgIpc) is 3.09. The quantitative estimate of drug-likeness (QED) is 0.757. The number of benzene rings is 1. The number of aryl methyl sites for hydroxylation is 3. The number of likely N-dealkylation sites (tertiary alicyclic amines) is 1. The van der Waals surface area contributed by atoms with Gasteiger partial charge in [-0.3, -0.25) is 14.5 Å². The third-order valence-corrected chi connectivity index (χ3v) is 6.46. The molecular formula is C22H30N4O2S. The van der Waals surface area contributed by atoms with Gasteiger partial charge in [0.1, 0.15) is 0 Å². The smallest absolute Gasteiger partial charge is 0.234 e. The Balaban J connectivity index is 1.43. The monoisotopic (exact) mass is 414 g/mol. The number of amides is 2. The number of carbonyl (C=O) groups is 2. The van der Waals surface area contributed by atoms with Crippen LogP contribution in [0.5, 0.6) is 0 Å². The Morgan fingerprint density at radius 2 is 1.93 bits per heavy atom. The number of hydrogen-bond donors (Lipinski definition) is 2. The van der Waals surface area contributed by atoms with E-state index in [1.165, 1.54) is 22.5 Å². The SMILES string of the molecule is Cc1csc(NC(=O)C2CCN(CC(=O)NC(C)c3ccc(C)c(C)c3)CC2)n1. The van der Waals surface area contributed by atoms with E-state index in [-0.39, 0.29) is 23.8 Å². The molecule has 0 radical (unpaired) electrons. The first kappa shape index (κ1) is 21.5. The topological polar surface area (TPSA) is 74.3 Å². The highest BCUT2D eigenvalue weighted by Crippen LogP contribution is 2.21. The molecule has 1 aliphatic rings. The number of nitrogens with one attached hydrogen (secondary N) is 2. The molecule has 0 aliphatic carbocycles. The van der Waals surface area contributed by atoms with Crippen molar-refractivity contribution in [3.05, 3.63) is 46.0 Å². The van der Waals surface area contributed by atoms with Crippen LogP contribution in [0.3, 0.4) is 0 Å². The van der Waals surface area contributed by atoms with E-state index in [1.54, 1.807) is 0 Å². The minimum Gasteiger partial charge on any atom is -0.348 e. The molecule has 1 fully saturated rings. The maximum Gasteiger partial charge on any atom is 0.234 e. The number of carbonyl (C=O) groups excluding carboxylic acids is 2. The summed E-state index contributed by atoms with van der Waals surface area (Å²) >= 11 is 1.45. The molecular weight excluding hydrogens is 384 g/mol. The van der Waals surface area contributed by atoms with Crippen LogP contribution in [0.25, 0.3) is 0 Å². The molecule has 7 heteroatoms. The van der Waals surface area contributed by atoms with Gasteiger partial charge >= 0.3 is 0 Å². The Morgan fingerprint density at radius 1 is 1.21 bits per heavy atom. The standard InChI is InChI=1S/C22H30N4O2S/c1-14-5-6-19(11-15(14)2)17(4)24-20(27)12-26-9-7-18(8-10-26)21(28)25-22-23-16(3)13-29-22/h5-6,11,13,17-18H,7-10,12H2,1-4H3,(H,24,27)(H,23,25,28). The Hall–Kier alpha value is -2.25. The van der Waals surface area contributed by atoms with E-state index in [0.29, 0.717) is 11.7 Å². The van der Waals surface area contributed by atoms with Crippen LogP contribution in [-0.4, -0.2) is 41.3 Å². The highest BCUT2D eigenvalue weighted by atomic mass is 32.1. The second-order valence-corrected chi connectivity index (χ2v) is 8.82. The molecule has 156 valence electrons. The zero-order valence-electron chi connectivity index (χ0n) is 17.6. The minimum atomic E-state index is -0.0214. The predicted molar refractivity (Wildman–Crippen MR) is 117 cm³/mol. The van der Waals surface area contributed by atoms with Gasteiger partial charge in [0.2, 0.25) is 11.8 Å². The Bertz CT molecular complexity index is 871. The number of hydrogen-bond acceptors (Lipinski definition) is 5. The summed E-state index contributed by atoms with van der Waals surface area (Å²) in [5.74, 6) is 0.0386. The van der Waals surface area contributed by atoms with E-state index >= 15 is 0 Å². The van der Waals surface area contributed by atoms with Crippen LogP contribution in [0.2, 0.25) is 0 Å². The molecule has 1 aromatic carbocycles. The van der Waals surface area contributed by atoms with Crippen molar-refractivity contribution >= 4 is 28.3 Å². The largest absolute Gasteiger partial charge is 0.348 e. The molecule has 6 nitrogen and oxygen atoms in total. The highest BCUT2D eigenvalue weighted by molar-refractivity contribution is 7.13. The molecule has 1 saturated heterocycles. The zero-order chi connectivity index (χ0) is 21.0. The summed E-state index contributed by atoms with van der Waals surface area (Å²) in [6, 6.07) is 6.28. The van der Waals surface area contributed by atoms with Gasteiger partial charge in [0.15, 0.2) is 5.13 Å². The molecule has 0 spiro atoms. The fourth-order valence-electron chi connectivity index (χ4n) is 3.58. The summed E-state index contributed by atoms with van der Waals surface area (Å²) in [4.78, 5) is 31.3. The van der Waals surface area contributed by atoms with E-state index in [1.807, 2.05) is 19.2 Å². The van der Waals surface area contributed by atoms with Crippen molar-refractivity contribution < 1.29 is 9.59 Å². The lowest BCUT2D eigenvalue weighted by Gasteiger charge is -2.31. The number of piperidine rings is 1. The summed E-state index contributed by atoms with van der Waals surface area (Å²) in [6.45, 7) is 9.97. The fourth-order valence-corrected chi connectivity index (χ4v) is 4.27. The van der Waals surface area contributed by atoms with Crippen molar-refractivity contribution in [1.29, 1.82) is 0 Å². The first-order valence-electron chi connectivity index (χ1n) is 10.1. The van der Waals surface area contributed by atoms with Gasteiger partial charge in [0.05, 0.1) is 18.3 Å². The van der Waals surface area contributed by atoms with E-state index in [0.717, 1.165) is 37.2 Å². The van der Waals surface area contributed by atoms with E-state index < -0.39 is 0 Å². The number of thiazole rings is 1. The van der Waals surface area contributed by atoms with Crippen molar-refractivity contribution in [1.82, 2.24) is 15.2 Å². The maximum absolute atomic E-state index is 12.5. The lowest BCUT2D eigenvalue weighted by atomic mass is 9.96. The highest BCUT2D eigenvalue weighted by Gasteiger charge is 2.26. The van der Waals surface area contributed by atoms with Crippen molar-refractivity contribution in [3.63, 3.8) is 0 Å². The Kier molecular flexibility index (Phi) is 7.03. The molecule has 3 rings (SSSR count). The van der Waals surface area contributed by atoms with Crippen molar-refractivity contribution in [2.24, 2.45) is 5.92 Å². The molecule has 0 saturated carbocycles. The summed E-state index contributed by atoms with van der Waals surface area (Å²) in [7, 11) is 0. The van der Waals surface area contributed by atoms with Crippen molar-refractivity contribution in [3.8, 4) is 0 Å². The van der Waals surface area contributed by atoms with Gasteiger partial charge < -0.3 is 10.6 Å². The fraction of sp³-hybridized carbons (Fsp3) is 0.500. The van der Waals surface area contributed by atoms with Gasteiger partial charge in [0, 0.05) is 11.3 Å². The third kappa shape index (κ3) is 5.87. The molecule has 2 N–H and O–H groups in total. The van der Waals surface area contributed by atoms with Crippen LogP contribution in [0.1, 0.15) is 48.2 Å². The van der Waals surface area contributed by atoms with Crippen LogP contribution in [0, 0.1) is 26.7 Å². The molecule has 1 unspecified atom stereocenters. The first-order valence-corrected chi connectivity index (χ1v) is 11.0. The molecule has 1 aliphatic heterocycles. The first-order chi connectivity index (χ1) is 13.8. The van der Waals surface area contributed by atoms with Crippen molar-refractivity contribution in [2.75, 3.05) is 25.0 Å². The summed E-state index contributed by atoms with van der Waals surface area (Å²) in [6.07, 6.45) is 1.52. The molecule has 2 amide bonds. The molecule has 1 atom stereocenters. The number of anilines is 1. The maximum atomic E-state index is 12.5. The Morgan fingerprint density at radius 3 is 2.55 bits per heavy atom. The Labute approximate surface area is 176 Å². The lowest BCUT2D eigenvalue weighted by molar-refractivity contribution is -0.124. The van der Waals surface area contributed by atoms with Gasteiger partial charge in [-0.2, -0.15) is 0 Å². The van der Waals surface area contributed by atoms with Crippen LogP contribution in [-0.2, 0) is 9.59 Å². The van der Waals surface area contributed by atoms with E-state index in [2.05, 4.69) is 52.6 Å². The van der Waals surface area contributed by atoms with Crippen LogP contribution >= 0.6 is 11.3 Å². The molecule has 2 aromatic rings. The predicted octanol–water partition coefficient (Wildman–Crippen LogP) is 3.60. The molecule has 29 heavy (non-hydrogen) atoms. The number of nitrogens with zero attached hydrogens (tertiary/aromatic N) is 2. The van der Waals surface area contributed by atoms with Crippen LogP contribution in [0.4, 0.5) is 5.13 Å². The molecule has 2 heterocycles. The van der Waals surface area contributed by atoms with Gasteiger partial charge in [-0.05, 0) is 70.3 Å². The third-order valence-electron chi connectivity index (χ3n) is 5.58. The second kappa shape index (κ2) is 9.50. The van der Waals surface area contributed by atoms with Crippen LogP contribution < -0.4 is 10.6 Å².